The van der Waals surface area contributed by atoms with Crippen molar-refractivity contribution in [1.82, 2.24) is 0 Å². The molecule has 0 amide bonds. The average molecular weight is 393 g/mol. The molecule has 0 bridgehead atoms. The normalized spacial score (nSPS) is 29.0. The highest BCUT2D eigenvalue weighted by Crippen LogP contribution is 2.48. The average Bonchev–Trinajstić information content (AvgIpc) is 3.18. The largest absolute Gasteiger partial charge is 0.469 e. The van der Waals surface area contributed by atoms with Crippen molar-refractivity contribution in [3.63, 3.8) is 0 Å². The number of unbranched alkanes of at least 4 members (excludes halogenated alkanes) is 2. The molecule has 0 aliphatic heterocycles. The number of ether oxygens (including phenoxy) is 1. The van der Waals surface area contributed by atoms with Crippen LogP contribution in [0.25, 0.3) is 0 Å². The molecule has 1 saturated carbocycles. The van der Waals surface area contributed by atoms with Crippen LogP contribution in [0.1, 0.15) is 78.1 Å². The zero-order chi connectivity index (χ0) is 20.5. The van der Waals surface area contributed by atoms with E-state index >= 15 is 0 Å². The molecule has 1 unspecified atom stereocenters. The zero-order valence-corrected chi connectivity index (χ0v) is 18.0. The number of fused-ring (bicyclic) bond motifs is 1. The SMILES string of the molecule is CCCCC(C)C[C@H](O)/C=C/[C@@H]1[C@H]2CC(CCCCC(=O)OC)=C[C@H]2C[C@H]1O. The van der Waals surface area contributed by atoms with E-state index in [2.05, 4.69) is 30.7 Å². The molecule has 2 N–H and O–H groups in total. The van der Waals surface area contributed by atoms with Crippen molar-refractivity contribution in [2.24, 2.45) is 23.7 Å². The minimum Gasteiger partial charge on any atom is -0.469 e. The Hall–Kier alpha value is -1.13. The van der Waals surface area contributed by atoms with Gasteiger partial charge in [0.2, 0.25) is 0 Å². The monoisotopic (exact) mass is 392 g/mol. The molecule has 0 spiro atoms. The molecular formula is C24H40O4. The van der Waals surface area contributed by atoms with E-state index in [1.807, 2.05) is 6.08 Å². The summed E-state index contributed by atoms with van der Waals surface area (Å²) < 4.78 is 4.69. The fraction of sp³-hybridized carbons (Fsp3) is 0.792. The lowest BCUT2D eigenvalue weighted by Crippen LogP contribution is -2.18. The molecule has 4 heteroatoms. The molecule has 6 atom stereocenters. The van der Waals surface area contributed by atoms with Crippen LogP contribution in [0.15, 0.2) is 23.8 Å². The van der Waals surface area contributed by atoms with Crippen LogP contribution in [-0.2, 0) is 9.53 Å². The van der Waals surface area contributed by atoms with Gasteiger partial charge in [0.05, 0.1) is 19.3 Å². The van der Waals surface area contributed by atoms with Gasteiger partial charge in [-0.05, 0) is 56.3 Å². The molecule has 4 nitrogen and oxygen atoms in total. The van der Waals surface area contributed by atoms with Gasteiger partial charge in [-0.15, -0.1) is 0 Å². The number of methoxy groups -OCH3 is 1. The molecule has 0 saturated heterocycles. The third-order valence-corrected chi connectivity index (χ3v) is 6.56. The van der Waals surface area contributed by atoms with Crippen LogP contribution in [0.2, 0.25) is 0 Å². The first-order chi connectivity index (χ1) is 13.4. The molecule has 2 aliphatic carbocycles. The van der Waals surface area contributed by atoms with Crippen LogP contribution in [0, 0.1) is 23.7 Å². The Balaban J connectivity index is 1.77. The maximum Gasteiger partial charge on any atom is 0.305 e. The van der Waals surface area contributed by atoms with Gasteiger partial charge < -0.3 is 14.9 Å². The van der Waals surface area contributed by atoms with Crippen LogP contribution in [0.5, 0.6) is 0 Å². The second-order valence-electron chi connectivity index (χ2n) is 8.96. The number of rotatable bonds is 12. The highest BCUT2D eigenvalue weighted by molar-refractivity contribution is 5.68. The standard InChI is InChI=1S/C24H40O4/c1-4-5-8-17(2)13-20(25)11-12-21-22-15-18(14-19(22)16-23(21)26)9-6-7-10-24(27)28-3/h11-12,14,17,19-23,25-26H,4-10,13,15-16H2,1-3H3/b12-11+/t17?,19-,20+,21+,22-,23+/m0/s1. The number of carbonyl (C=O) groups is 1. The molecule has 160 valence electrons. The van der Waals surface area contributed by atoms with E-state index in [4.69, 9.17) is 0 Å². The van der Waals surface area contributed by atoms with Crippen molar-refractivity contribution < 1.29 is 19.7 Å². The summed E-state index contributed by atoms with van der Waals surface area (Å²) in [5.41, 5.74) is 1.47. The topological polar surface area (TPSA) is 66.8 Å². The lowest BCUT2D eigenvalue weighted by atomic mass is 9.88. The molecule has 2 aliphatic rings. The summed E-state index contributed by atoms with van der Waals surface area (Å²) >= 11 is 0. The first kappa shape index (κ1) is 23.2. The van der Waals surface area contributed by atoms with E-state index < -0.39 is 6.10 Å². The number of aliphatic hydroxyl groups is 2. The summed E-state index contributed by atoms with van der Waals surface area (Å²) in [5, 5.41) is 20.8. The number of carbonyl (C=O) groups excluding carboxylic acids is 1. The van der Waals surface area contributed by atoms with Gasteiger partial charge in [-0.3, -0.25) is 4.79 Å². The Morgan fingerprint density at radius 2 is 2.14 bits per heavy atom. The van der Waals surface area contributed by atoms with Crippen LogP contribution >= 0.6 is 0 Å². The van der Waals surface area contributed by atoms with Crippen molar-refractivity contribution >= 4 is 5.97 Å². The molecule has 0 aromatic heterocycles. The minimum atomic E-state index is -0.412. The number of hydrogen-bond donors (Lipinski definition) is 2. The maximum atomic E-state index is 11.2. The highest BCUT2D eigenvalue weighted by Gasteiger charge is 2.43. The number of hydrogen-bond acceptors (Lipinski definition) is 4. The summed E-state index contributed by atoms with van der Waals surface area (Å²) in [4.78, 5) is 11.2. The Kier molecular flexibility index (Phi) is 9.73. The van der Waals surface area contributed by atoms with E-state index in [9.17, 15) is 15.0 Å². The summed E-state index contributed by atoms with van der Waals surface area (Å²) in [6.07, 6.45) is 15.3. The molecule has 0 aromatic rings. The smallest absolute Gasteiger partial charge is 0.305 e. The van der Waals surface area contributed by atoms with Crippen LogP contribution in [0.3, 0.4) is 0 Å². The lowest BCUT2D eigenvalue weighted by molar-refractivity contribution is -0.140. The van der Waals surface area contributed by atoms with E-state index in [1.54, 1.807) is 0 Å². The van der Waals surface area contributed by atoms with Crippen LogP contribution in [-0.4, -0.2) is 35.5 Å². The number of aliphatic hydroxyl groups excluding tert-OH is 2. The zero-order valence-electron chi connectivity index (χ0n) is 18.0. The summed E-state index contributed by atoms with van der Waals surface area (Å²) in [6.45, 7) is 4.41. The fourth-order valence-electron chi connectivity index (χ4n) is 4.93. The predicted molar refractivity (Wildman–Crippen MR) is 113 cm³/mol. The molecule has 0 aromatic carbocycles. The lowest BCUT2D eigenvalue weighted by Gasteiger charge is -2.19. The van der Waals surface area contributed by atoms with Gasteiger partial charge in [0.15, 0.2) is 0 Å². The van der Waals surface area contributed by atoms with Gasteiger partial charge in [-0.2, -0.15) is 0 Å². The predicted octanol–water partition coefficient (Wildman–Crippen LogP) is 4.80. The number of allylic oxidation sites excluding steroid dienone is 2. The Morgan fingerprint density at radius 3 is 2.86 bits per heavy atom. The van der Waals surface area contributed by atoms with Crippen molar-refractivity contribution in [3.05, 3.63) is 23.8 Å². The second kappa shape index (κ2) is 11.8. The first-order valence-electron chi connectivity index (χ1n) is 11.2. The minimum absolute atomic E-state index is 0.131. The summed E-state index contributed by atoms with van der Waals surface area (Å²) in [5.74, 6) is 1.47. The van der Waals surface area contributed by atoms with Gasteiger partial charge in [0.25, 0.3) is 0 Å². The highest BCUT2D eigenvalue weighted by atomic mass is 16.5. The third-order valence-electron chi connectivity index (χ3n) is 6.56. The van der Waals surface area contributed by atoms with E-state index in [-0.39, 0.29) is 18.0 Å². The maximum absolute atomic E-state index is 11.2. The van der Waals surface area contributed by atoms with Gasteiger partial charge >= 0.3 is 5.97 Å². The van der Waals surface area contributed by atoms with Crippen molar-refractivity contribution in [1.29, 1.82) is 0 Å². The van der Waals surface area contributed by atoms with Crippen molar-refractivity contribution in [2.75, 3.05) is 7.11 Å². The first-order valence-corrected chi connectivity index (χ1v) is 11.2. The molecule has 2 rings (SSSR count). The second-order valence-corrected chi connectivity index (χ2v) is 8.96. The van der Waals surface area contributed by atoms with Crippen molar-refractivity contribution in [2.45, 2.75) is 90.3 Å². The van der Waals surface area contributed by atoms with E-state index in [0.717, 1.165) is 38.5 Å². The quantitative estimate of drug-likeness (QED) is 0.284. The van der Waals surface area contributed by atoms with Crippen LogP contribution in [0.4, 0.5) is 0 Å². The van der Waals surface area contributed by atoms with Gasteiger partial charge in [0.1, 0.15) is 0 Å². The van der Waals surface area contributed by atoms with Gasteiger partial charge in [-0.25, -0.2) is 0 Å². The number of esters is 1. The van der Waals surface area contributed by atoms with Crippen LogP contribution < -0.4 is 0 Å². The fourth-order valence-corrected chi connectivity index (χ4v) is 4.93. The third kappa shape index (κ3) is 7.04. The van der Waals surface area contributed by atoms with Gasteiger partial charge in [0, 0.05) is 12.3 Å². The summed E-state index contributed by atoms with van der Waals surface area (Å²) in [7, 11) is 1.44. The Labute approximate surface area is 171 Å². The van der Waals surface area contributed by atoms with E-state index in [1.165, 1.54) is 31.9 Å². The Morgan fingerprint density at radius 1 is 1.36 bits per heavy atom. The van der Waals surface area contributed by atoms with Crippen molar-refractivity contribution in [3.8, 4) is 0 Å². The molecule has 28 heavy (non-hydrogen) atoms. The molecule has 1 fully saturated rings. The summed E-state index contributed by atoms with van der Waals surface area (Å²) in [6, 6.07) is 0. The molecular weight excluding hydrogens is 352 g/mol. The van der Waals surface area contributed by atoms with Gasteiger partial charge in [-0.1, -0.05) is 56.9 Å². The van der Waals surface area contributed by atoms with E-state index in [0.29, 0.717) is 24.2 Å². The Bertz CT molecular complexity index is 539. The molecule has 0 radical (unpaired) electrons. The molecule has 0 heterocycles.